The van der Waals surface area contributed by atoms with Crippen LogP contribution in [0.15, 0.2) is 36.9 Å². The zero-order valence-corrected chi connectivity index (χ0v) is 11.3. The molecule has 0 aliphatic carbocycles. The van der Waals surface area contributed by atoms with E-state index < -0.39 is 5.97 Å². The van der Waals surface area contributed by atoms with E-state index in [-0.39, 0.29) is 12.3 Å². The number of carbonyl (C=O) groups is 2. The minimum atomic E-state index is -0.874. The van der Waals surface area contributed by atoms with Gasteiger partial charge in [0.05, 0.1) is 13.0 Å². The molecule has 1 amide bonds. The summed E-state index contributed by atoms with van der Waals surface area (Å²) in [6.45, 7) is 4.55. The molecule has 0 fully saturated rings. The van der Waals surface area contributed by atoms with Gasteiger partial charge in [-0.25, -0.2) is 0 Å². The van der Waals surface area contributed by atoms with Crippen LogP contribution in [0.3, 0.4) is 0 Å². The summed E-state index contributed by atoms with van der Waals surface area (Å²) in [6.07, 6.45) is 2.68. The highest BCUT2D eigenvalue weighted by Crippen LogP contribution is 2.10. The van der Waals surface area contributed by atoms with Crippen molar-refractivity contribution in [2.45, 2.75) is 19.3 Å². The molecule has 1 aromatic rings. The Morgan fingerprint density at radius 2 is 2.00 bits per heavy atom. The van der Waals surface area contributed by atoms with Crippen LogP contribution in [-0.2, 0) is 20.7 Å². The average Bonchev–Trinajstić information content (AvgIpc) is 2.40. The highest BCUT2D eigenvalue weighted by atomic mass is 16.5. The maximum absolute atomic E-state index is 11.6. The second-order valence-electron chi connectivity index (χ2n) is 4.28. The van der Waals surface area contributed by atoms with E-state index in [0.29, 0.717) is 37.3 Å². The molecular formula is C15H19NO4. The Bertz CT molecular complexity index is 453. The van der Waals surface area contributed by atoms with Gasteiger partial charge in [-0.05, 0) is 24.1 Å². The highest BCUT2D eigenvalue weighted by Gasteiger charge is 2.04. The van der Waals surface area contributed by atoms with Crippen molar-refractivity contribution in [2.75, 3.05) is 18.5 Å². The molecule has 0 aliphatic rings. The minimum Gasteiger partial charge on any atom is -0.481 e. The second kappa shape index (κ2) is 8.87. The lowest BCUT2D eigenvalue weighted by Gasteiger charge is -2.06. The lowest BCUT2D eigenvalue weighted by atomic mass is 10.1. The predicted octanol–water partition coefficient (Wildman–Crippen LogP) is 2.24. The summed E-state index contributed by atoms with van der Waals surface area (Å²) in [5.41, 5.74) is 1.37. The standard InChI is InChI=1S/C15H19NO4/c1-2-9-20-10-3-4-14(17)16-13-7-5-12(6-8-13)11-15(18)19/h2,5-8H,1,3-4,9-11H2,(H,16,17)(H,18,19). The van der Waals surface area contributed by atoms with Gasteiger partial charge >= 0.3 is 5.97 Å². The molecule has 0 heterocycles. The second-order valence-corrected chi connectivity index (χ2v) is 4.28. The van der Waals surface area contributed by atoms with Crippen molar-refractivity contribution in [1.82, 2.24) is 0 Å². The number of nitrogens with one attached hydrogen (secondary N) is 1. The van der Waals surface area contributed by atoms with Crippen molar-refractivity contribution in [3.63, 3.8) is 0 Å². The minimum absolute atomic E-state index is 0.0190. The van der Waals surface area contributed by atoms with Crippen LogP contribution in [0.25, 0.3) is 0 Å². The first kappa shape index (κ1) is 15.9. The summed E-state index contributed by atoms with van der Waals surface area (Å²) < 4.78 is 5.18. The molecule has 0 spiro atoms. The van der Waals surface area contributed by atoms with E-state index in [1.165, 1.54) is 0 Å². The predicted molar refractivity (Wildman–Crippen MR) is 76.7 cm³/mol. The first-order valence-corrected chi connectivity index (χ1v) is 6.41. The Balaban J connectivity index is 2.31. The maximum Gasteiger partial charge on any atom is 0.307 e. The van der Waals surface area contributed by atoms with Crippen molar-refractivity contribution >= 4 is 17.6 Å². The van der Waals surface area contributed by atoms with Crippen LogP contribution in [0.4, 0.5) is 5.69 Å². The summed E-state index contributed by atoms with van der Waals surface area (Å²) in [7, 11) is 0. The van der Waals surface area contributed by atoms with E-state index in [0.717, 1.165) is 0 Å². The molecule has 20 heavy (non-hydrogen) atoms. The molecule has 0 bridgehead atoms. The molecule has 5 nitrogen and oxygen atoms in total. The quantitative estimate of drug-likeness (QED) is 0.536. The van der Waals surface area contributed by atoms with Crippen molar-refractivity contribution in [3.05, 3.63) is 42.5 Å². The molecule has 0 aliphatic heterocycles. The molecule has 2 N–H and O–H groups in total. The monoisotopic (exact) mass is 277 g/mol. The third-order valence-corrected chi connectivity index (χ3v) is 2.52. The van der Waals surface area contributed by atoms with Crippen LogP contribution in [0, 0.1) is 0 Å². The SMILES string of the molecule is C=CCOCCCC(=O)Nc1ccc(CC(=O)O)cc1. The van der Waals surface area contributed by atoms with E-state index in [9.17, 15) is 9.59 Å². The number of carbonyl (C=O) groups excluding carboxylic acids is 1. The van der Waals surface area contributed by atoms with Crippen molar-refractivity contribution in [2.24, 2.45) is 0 Å². The van der Waals surface area contributed by atoms with Crippen LogP contribution >= 0.6 is 0 Å². The number of hydrogen-bond acceptors (Lipinski definition) is 3. The Kier molecular flexibility index (Phi) is 7.06. The van der Waals surface area contributed by atoms with Gasteiger partial charge in [-0.1, -0.05) is 18.2 Å². The van der Waals surface area contributed by atoms with E-state index >= 15 is 0 Å². The summed E-state index contributed by atoms with van der Waals surface area (Å²) in [5, 5.41) is 11.4. The largest absolute Gasteiger partial charge is 0.481 e. The van der Waals surface area contributed by atoms with Crippen molar-refractivity contribution < 1.29 is 19.4 Å². The van der Waals surface area contributed by atoms with Crippen molar-refractivity contribution in [1.29, 1.82) is 0 Å². The topological polar surface area (TPSA) is 75.6 Å². The van der Waals surface area contributed by atoms with Gasteiger partial charge in [0, 0.05) is 18.7 Å². The molecule has 5 heteroatoms. The first-order chi connectivity index (χ1) is 9.61. The number of aliphatic carboxylic acids is 1. The molecule has 108 valence electrons. The fourth-order valence-corrected chi connectivity index (χ4v) is 1.61. The number of carboxylic acid groups (broad SMARTS) is 1. The van der Waals surface area contributed by atoms with Gasteiger partial charge in [-0.15, -0.1) is 6.58 Å². The fourth-order valence-electron chi connectivity index (χ4n) is 1.61. The molecule has 0 unspecified atom stereocenters. The highest BCUT2D eigenvalue weighted by molar-refractivity contribution is 5.90. The van der Waals surface area contributed by atoms with Gasteiger partial charge in [0.1, 0.15) is 0 Å². The third kappa shape index (κ3) is 6.70. The van der Waals surface area contributed by atoms with Gasteiger partial charge in [-0.3, -0.25) is 9.59 Å². The lowest BCUT2D eigenvalue weighted by Crippen LogP contribution is -2.12. The molecule has 0 radical (unpaired) electrons. The molecule has 0 atom stereocenters. The van der Waals surface area contributed by atoms with E-state index in [1.54, 1.807) is 30.3 Å². The number of rotatable bonds is 9. The summed E-state index contributed by atoms with van der Waals surface area (Å²) in [6, 6.07) is 6.78. The Morgan fingerprint density at radius 1 is 1.30 bits per heavy atom. The van der Waals surface area contributed by atoms with E-state index in [4.69, 9.17) is 9.84 Å². The van der Waals surface area contributed by atoms with Gasteiger partial charge in [0.2, 0.25) is 5.91 Å². The average molecular weight is 277 g/mol. The Labute approximate surface area is 118 Å². The van der Waals surface area contributed by atoms with Crippen LogP contribution < -0.4 is 5.32 Å². The van der Waals surface area contributed by atoms with Gasteiger partial charge in [-0.2, -0.15) is 0 Å². The molecule has 0 saturated carbocycles. The van der Waals surface area contributed by atoms with Crippen LogP contribution in [0.1, 0.15) is 18.4 Å². The van der Waals surface area contributed by atoms with Gasteiger partial charge in [0.25, 0.3) is 0 Å². The van der Waals surface area contributed by atoms with Gasteiger partial charge < -0.3 is 15.2 Å². The number of carboxylic acids is 1. The number of hydrogen-bond donors (Lipinski definition) is 2. The Hall–Kier alpha value is -2.14. The fraction of sp³-hybridized carbons (Fsp3) is 0.333. The van der Waals surface area contributed by atoms with Crippen LogP contribution in [0.5, 0.6) is 0 Å². The number of amides is 1. The zero-order valence-electron chi connectivity index (χ0n) is 11.3. The lowest BCUT2D eigenvalue weighted by molar-refractivity contribution is -0.136. The van der Waals surface area contributed by atoms with Crippen LogP contribution in [0.2, 0.25) is 0 Å². The first-order valence-electron chi connectivity index (χ1n) is 6.41. The maximum atomic E-state index is 11.6. The van der Waals surface area contributed by atoms with E-state index in [1.807, 2.05) is 0 Å². The molecule has 1 aromatic carbocycles. The summed E-state index contributed by atoms with van der Waals surface area (Å²) >= 11 is 0. The zero-order chi connectivity index (χ0) is 14.8. The normalized spacial score (nSPS) is 10.0. The van der Waals surface area contributed by atoms with Gasteiger partial charge in [0.15, 0.2) is 0 Å². The molecular weight excluding hydrogens is 258 g/mol. The molecule has 0 aromatic heterocycles. The number of ether oxygens (including phenoxy) is 1. The summed E-state index contributed by atoms with van der Waals surface area (Å²) in [4.78, 5) is 22.2. The summed E-state index contributed by atoms with van der Waals surface area (Å²) in [5.74, 6) is -0.959. The van der Waals surface area contributed by atoms with Crippen molar-refractivity contribution in [3.8, 4) is 0 Å². The number of benzene rings is 1. The molecule has 1 rings (SSSR count). The smallest absolute Gasteiger partial charge is 0.307 e. The third-order valence-electron chi connectivity index (χ3n) is 2.52. The molecule has 0 saturated heterocycles. The Morgan fingerprint density at radius 3 is 2.60 bits per heavy atom. The number of anilines is 1. The van der Waals surface area contributed by atoms with E-state index in [2.05, 4.69) is 11.9 Å². The van der Waals surface area contributed by atoms with Crippen LogP contribution in [-0.4, -0.2) is 30.2 Å².